The van der Waals surface area contributed by atoms with Gasteiger partial charge < -0.3 is 10.5 Å². The van der Waals surface area contributed by atoms with Crippen molar-refractivity contribution in [3.63, 3.8) is 0 Å². The third kappa shape index (κ3) is 4.27. The number of nitrogens with two attached hydrogens (primary N) is 1. The Bertz CT molecular complexity index is 990. The summed E-state index contributed by atoms with van der Waals surface area (Å²) in [5, 5.41) is 0. The Balaban J connectivity index is 1.34. The van der Waals surface area contributed by atoms with Crippen LogP contribution in [0.15, 0.2) is 41.5 Å². The van der Waals surface area contributed by atoms with Crippen molar-refractivity contribution in [2.45, 2.75) is 103 Å². The van der Waals surface area contributed by atoms with Crippen LogP contribution in [0.3, 0.4) is 0 Å². The van der Waals surface area contributed by atoms with Crippen molar-refractivity contribution >= 4 is 6.08 Å². The fourth-order valence-electron chi connectivity index (χ4n) is 9.11. The monoisotopic (exact) mass is 473 g/mol. The molecule has 3 saturated carbocycles. The van der Waals surface area contributed by atoms with E-state index in [0.717, 1.165) is 24.4 Å². The van der Waals surface area contributed by atoms with Gasteiger partial charge in [0.25, 0.3) is 0 Å². The summed E-state index contributed by atoms with van der Waals surface area (Å²) >= 11 is 0. The van der Waals surface area contributed by atoms with E-state index in [1.54, 1.807) is 5.56 Å². The number of hydrogen-bond donors (Lipinski definition) is 1. The first-order valence-corrected chi connectivity index (χ1v) is 14.6. The third-order valence-corrected chi connectivity index (χ3v) is 11.1. The van der Waals surface area contributed by atoms with E-state index in [1.165, 1.54) is 76.2 Å². The van der Waals surface area contributed by atoms with E-state index in [2.05, 4.69) is 57.2 Å². The van der Waals surface area contributed by atoms with Crippen molar-refractivity contribution in [2.24, 2.45) is 34.3 Å². The highest BCUT2D eigenvalue weighted by atomic mass is 16.5. The fourth-order valence-corrected chi connectivity index (χ4v) is 9.11. The van der Waals surface area contributed by atoms with Crippen LogP contribution in [0.2, 0.25) is 0 Å². The number of hydrogen-bond acceptors (Lipinski definition) is 2. The maximum atomic E-state index is 6.71. The van der Waals surface area contributed by atoms with Crippen LogP contribution >= 0.6 is 0 Å². The molecule has 0 amide bonds. The Morgan fingerprint density at radius 2 is 1.80 bits per heavy atom. The van der Waals surface area contributed by atoms with Gasteiger partial charge in [-0.2, -0.15) is 0 Å². The van der Waals surface area contributed by atoms with Gasteiger partial charge in [-0.1, -0.05) is 74.8 Å². The Morgan fingerprint density at radius 3 is 2.54 bits per heavy atom. The summed E-state index contributed by atoms with van der Waals surface area (Å²) in [7, 11) is 0. The molecule has 2 N–H and O–H groups in total. The lowest BCUT2D eigenvalue weighted by atomic mass is 9.52. The van der Waals surface area contributed by atoms with E-state index < -0.39 is 0 Å². The Kier molecular flexibility index (Phi) is 6.08. The molecular formula is C33H47NO. The van der Waals surface area contributed by atoms with Crippen LogP contribution in [-0.2, 0) is 4.74 Å². The molecule has 1 heterocycles. The van der Waals surface area contributed by atoms with E-state index in [1.807, 2.05) is 11.1 Å². The van der Waals surface area contributed by atoms with Crippen LogP contribution in [-0.4, -0.2) is 18.8 Å². The molecule has 6 unspecified atom stereocenters. The highest BCUT2D eigenvalue weighted by Gasteiger charge is 2.54. The van der Waals surface area contributed by atoms with Gasteiger partial charge in [0.1, 0.15) is 0 Å². The van der Waals surface area contributed by atoms with Crippen LogP contribution in [0.4, 0.5) is 0 Å². The van der Waals surface area contributed by atoms with Gasteiger partial charge in [0, 0.05) is 12.5 Å². The van der Waals surface area contributed by atoms with E-state index in [9.17, 15) is 0 Å². The van der Waals surface area contributed by atoms with Gasteiger partial charge in [-0.05, 0) is 104 Å². The van der Waals surface area contributed by atoms with Gasteiger partial charge in [-0.15, -0.1) is 0 Å². The Hall–Kier alpha value is -1.38. The van der Waals surface area contributed by atoms with Gasteiger partial charge in [0.2, 0.25) is 0 Å². The van der Waals surface area contributed by atoms with Gasteiger partial charge in [-0.25, -0.2) is 0 Å². The third-order valence-electron chi connectivity index (χ3n) is 11.1. The Morgan fingerprint density at radius 1 is 0.971 bits per heavy atom. The molecule has 6 atom stereocenters. The van der Waals surface area contributed by atoms with Crippen LogP contribution in [0.25, 0.3) is 6.08 Å². The summed E-state index contributed by atoms with van der Waals surface area (Å²) in [5.74, 6) is 3.11. The predicted octanol–water partition coefficient (Wildman–Crippen LogP) is 8.03. The van der Waals surface area contributed by atoms with Gasteiger partial charge in [0.15, 0.2) is 0 Å². The smallest absolute Gasteiger partial charge is 0.0691 e. The molecule has 190 valence electrons. The minimum atomic E-state index is 0.167. The van der Waals surface area contributed by atoms with Crippen LogP contribution in [0.5, 0.6) is 0 Å². The number of fused-ring (bicyclic) bond motifs is 4. The molecule has 2 heteroatoms. The number of allylic oxidation sites excluding steroid dienone is 2. The number of rotatable bonds is 3. The average Bonchev–Trinajstić information content (AvgIpc) is 3.26. The fraction of sp³-hybridized carbons (Fsp3) is 0.697. The summed E-state index contributed by atoms with van der Waals surface area (Å²) in [4.78, 5) is 0. The summed E-state index contributed by atoms with van der Waals surface area (Å²) in [6.07, 6.45) is 19.1. The van der Waals surface area contributed by atoms with Gasteiger partial charge >= 0.3 is 0 Å². The maximum Gasteiger partial charge on any atom is 0.0691 e. The molecule has 0 bridgehead atoms. The molecule has 5 aliphatic rings. The zero-order valence-corrected chi connectivity index (χ0v) is 22.5. The number of benzene rings is 1. The molecule has 1 aromatic rings. The minimum absolute atomic E-state index is 0.167. The van der Waals surface area contributed by atoms with Crippen LogP contribution in [0.1, 0.15) is 108 Å². The predicted molar refractivity (Wildman–Crippen MR) is 146 cm³/mol. The molecule has 0 aromatic heterocycles. The highest BCUT2D eigenvalue weighted by molar-refractivity contribution is 5.51. The molecule has 1 aromatic carbocycles. The Labute approximate surface area is 213 Å². The first-order chi connectivity index (χ1) is 16.8. The van der Waals surface area contributed by atoms with Crippen LogP contribution in [0, 0.1) is 28.6 Å². The standard InChI is InChI=1S/C33H47NO/c1-31(2)17-18-33(35-22-31)16-14-26-25(20-33)12-13-27-29-7-4-15-32(29,3)21-28(30(26)27)24-10-8-23(9-11-24)6-5-19-34/h5-6,8-11,25,27-29H,4,7,12-22,34H2,1-3H3/b6-5+. The van der Waals surface area contributed by atoms with E-state index in [4.69, 9.17) is 10.5 Å². The van der Waals surface area contributed by atoms with Crippen molar-refractivity contribution in [3.8, 4) is 0 Å². The number of ether oxygens (including phenoxy) is 1. The second-order valence-electron chi connectivity index (χ2n) is 13.9. The van der Waals surface area contributed by atoms with Crippen LogP contribution < -0.4 is 5.73 Å². The average molecular weight is 474 g/mol. The normalized spacial score (nSPS) is 40.6. The molecule has 2 nitrogen and oxygen atoms in total. The van der Waals surface area contributed by atoms with Crippen molar-refractivity contribution in [1.29, 1.82) is 0 Å². The molecule has 1 aliphatic heterocycles. The summed E-state index contributed by atoms with van der Waals surface area (Å²) in [6.45, 7) is 8.94. The van der Waals surface area contributed by atoms with Crippen molar-refractivity contribution in [1.82, 2.24) is 0 Å². The second kappa shape index (κ2) is 8.88. The zero-order chi connectivity index (χ0) is 24.3. The zero-order valence-electron chi connectivity index (χ0n) is 22.5. The van der Waals surface area contributed by atoms with E-state index in [-0.39, 0.29) is 5.60 Å². The highest BCUT2D eigenvalue weighted by Crippen LogP contribution is 2.65. The molecule has 0 radical (unpaired) electrons. The van der Waals surface area contributed by atoms with Gasteiger partial charge in [0.05, 0.1) is 12.2 Å². The molecular weight excluding hydrogens is 426 g/mol. The molecule has 4 fully saturated rings. The first kappa shape index (κ1) is 24.0. The second-order valence-corrected chi connectivity index (χ2v) is 13.9. The summed E-state index contributed by atoms with van der Waals surface area (Å²) in [6, 6.07) is 9.51. The topological polar surface area (TPSA) is 35.2 Å². The van der Waals surface area contributed by atoms with Crippen molar-refractivity contribution in [3.05, 3.63) is 52.6 Å². The molecule has 4 aliphatic carbocycles. The van der Waals surface area contributed by atoms with E-state index >= 15 is 0 Å². The van der Waals surface area contributed by atoms with Gasteiger partial charge in [-0.3, -0.25) is 0 Å². The molecule has 35 heavy (non-hydrogen) atoms. The SMILES string of the molecule is CC1(C)CCC2(CCC3=C4C(c5ccc(/C=C/CN)cc5)CC5(C)CCCC5C4CCC3C2)OC1. The maximum absolute atomic E-state index is 6.71. The molecule has 6 rings (SSSR count). The van der Waals surface area contributed by atoms with E-state index in [0.29, 0.717) is 23.3 Å². The lowest BCUT2D eigenvalue weighted by Gasteiger charge is -2.55. The summed E-state index contributed by atoms with van der Waals surface area (Å²) in [5.41, 5.74) is 13.4. The van der Waals surface area contributed by atoms with Crippen molar-refractivity contribution < 1.29 is 4.74 Å². The first-order valence-electron chi connectivity index (χ1n) is 14.6. The molecule has 1 spiro atoms. The summed E-state index contributed by atoms with van der Waals surface area (Å²) < 4.78 is 6.71. The quantitative estimate of drug-likeness (QED) is 0.451. The lowest BCUT2D eigenvalue weighted by Crippen LogP contribution is -2.48. The largest absolute Gasteiger partial charge is 0.374 e. The lowest BCUT2D eigenvalue weighted by molar-refractivity contribution is -0.144. The van der Waals surface area contributed by atoms with Crippen molar-refractivity contribution in [2.75, 3.05) is 13.2 Å². The minimum Gasteiger partial charge on any atom is -0.374 e. The molecule has 1 saturated heterocycles.